The Hall–Kier alpha value is -2.06. The van der Waals surface area contributed by atoms with Gasteiger partial charge in [0.05, 0.1) is 27.5 Å². The lowest BCUT2D eigenvalue weighted by atomic mass is 10.2. The number of halogens is 2. The smallest absolute Gasteiger partial charge is 0.133 e. The zero-order valence-corrected chi connectivity index (χ0v) is 15.9. The summed E-state index contributed by atoms with van der Waals surface area (Å²) in [7, 11) is 0. The van der Waals surface area contributed by atoms with E-state index in [1.165, 1.54) is 36.4 Å². The third-order valence-electron chi connectivity index (χ3n) is 2.91. The highest BCUT2D eigenvalue weighted by molar-refractivity contribution is 9.10. The molecule has 0 unspecified atom stereocenters. The van der Waals surface area contributed by atoms with Gasteiger partial charge in [-0.1, -0.05) is 0 Å². The van der Waals surface area contributed by atoms with Gasteiger partial charge >= 0.3 is 0 Å². The van der Waals surface area contributed by atoms with Crippen LogP contribution in [0.2, 0.25) is 0 Å². The average molecular weight is 476 g/mol. The van der Waals surface area contributed by atoms with Crippen LogP contribution in [0.4, 0.5) is 0 Å². The van der Waals surface area contributed by atoms with Crippen molar-refractivity contribution < 1.29 is 17.7 Å². The summed E-state index contributed by atoms with van der Waals surface area (Å²) in [6.45, 7) is -6.36. The number of nitrogens with one attached hydrogen (secondary N) is 2. The van der Waals surface area contributed by atoms with Crippen molar-refractivity contribution in [2.24, 2.45) is 11.5 Å². The fraction of sp³-hybridized carbons (Fsp3) is 0.176. The molecule has 6 nitrogen and oxygen atoms in total. The van der Waals surface area contributed by atoms with E-state index in [0.29, 0.717) is 11.1 Å². The van der Waals surface area contributed by atoms with Gasteiger partial charge in [0.25, 0.3) is 0 Å². The Morgan fingerprint density at radius 3 is 1.60 bits per heavy atom. The predicted molar refractivity (Wildman–Crippen MR) is 106 cm³/mol. The minimum atomic E-state index is -3.29. The van der Waals surface area contributed by atoms with Crippen LogP contribution in [0.5, 0.6) is 11.5 Å². The molecule has 0 saturated carbocycles. The minimum absolute atomic E-state index is 0.123. The van der Waals surface area contributed by atoms with E-state index >= 15 is 0 Å². The Kier molecular flexibility index (Phi) is 4.37. The first-order valence-electron chi connectivity index (χ1n) is 9.75. The highest BCUT2D eigenvalue weighted by atomic mass is 79.9. The maximum absolute atomic E-state index is 8.12. The van der Waals surface area contributed by atoms with Crippen molar-refractivity contribution in [2.45, 2.75) is 6.37 Å². The Labute approximate surface area is 171 Å². The number of amidine groups is 2. The molecule has 25 heavy (non-hydrogen) atoms. The Morgan fingerprint density at radius 2 is 1.28 bits per heavy atom. The van der Waals surface area contributed by atoms with Crippen LogP contribution < -0.4 is 20.9 Å². The van der Waals surface area contributed by atoms with Crippen LogP contribution in [0.1, 0.15) is 25.7 Å². The summed E-state index contributed by atoms with van der Waals surface area (Å²) >= 11 is 6.28. The number of hydrogen-bond acceptors (Lipinski definition) is 4. The van der Waals surface area contributed by atoms with Gasteiger partial charge in [-0.25, -0.2) is 0 Å². The molecule has 0 aromatic heterocycles. The molecular weight excluding hydrogens is 452 g/mol. The Bertz CT molecular complexity index is 956. The summed E-state index contributed by atoms with van der Waals surface area (Å²) in [6.07, 6.45) is -3.29. The number of nitrogen functional groups attached to an aromatic ring is 2. The van der Waals surface area contributed by atoms with Gasteiger partial charge in [0, 0.05) is 20.2 Å². The monoisotopic (exact) mass is 474 g/mol. The van der Waals surface area contributed by atoms with Crippen LogP contribution >= 0.6 is 31.9 Å². The van der Waals surface area contributed by atoms with Crippen LogP contribution in [-0.2, 0) is 0 Å². The van der Waals surface area contributed by atoms with Gasteiger partial charge < -0.3 is 20.9 Å². The van der Waals surface area contributed by atoms with E-state index in [0.717, 1.165) is 0 Å². The number of nitrogens with two attached hydrogens (primary N) is 2. The topological polar surface area (TPSA) is 118 Å². The lowest BCUT2D eigenvalue weighted by molar-refractivity contribution is 0.246. The quantitative estimate of drug-likeness (QED) is 0.344. The molecule has 6 N–H and O–H groups in total. The molecule has 132 valence electrons. The van der Waals surface area contributed by atoms with Crippen molar-refractivity contribution in [3.8, 4) is 11.5 Å². The van der Waals surface area contributed by atoms with Crippen molar-refractivity contribution in [3.05, 3.63) is 56.5 Å². The first-order chi connectivity index (χ1) is 14.1. The lowest BCUT2D eigenvalue weighted by Crippen LogP contribution is -2.11. The van der Waals surface area contributed by atoms with E-state index in [-0.39, 0.29) is 32.1 Å². The summed E-state index contributed by atoms with van der Waals surface area (Å²) < 4.78 is 59.2. The van der Waals surface area contributed by atoms with E-state index in [1.807, 2.05) is 0 Å². The van der Waals surface area contributed by atoms with E-state index < -0.39 is 19.5 Å². The molecular formula is C17H18Br2N4O2. The highest BCUT2D eigenvalue weighted by Gasteiger charge is 2.06. The van der Waals surface area contributed by atoms with Crippen LogP contribution in [0.3, 0.4) is 0 Å². The summed E-state index contributed by atoms with van der Waals surface area (Å²) in [5.41, 5.74) is 11.5. The summed E-state index contributed by atoms with van der Waals surface area (Å²) in [5, 5.41) is 14.8. The van der Waals surface area contributed by atoms with Gasteiger partial charge in [0.2, 0.25) is 0 Å². The van der Waals surface area contributed by atoms with Crippen molar-refractivity contribution >= 4 is 43.5 Å². The third-order valence-corrected chi connectivity index (χ3v) is 4.15. The van der Waals surface area contributed by atoms with Crippen molar-refractivity contribution in [2.75, 3.05) is 13.1 Å². The molecule has 0 amide bonds. The molecule has 0 aliphatic rings. The number of rotatable bonds is 8. The summed E-state index contributed by atoms with van der Waals surface area (Å²) in [4.78, 5) is 0. The van der Waals surface area contributed by atoms with Gasteiger partial charge in [-0.05, 0) is 68.3 Å². The van der Waals surface area contributed by atoms with E-state index in [9.17, 15) is 0 Å². The molecule has 0 fully saturated rings. The first-order valence-corrected chi connectivity index (χ1v) is 8.33. The number of ether oxygens (including phenoxy) is 2. The fourth-order valence-electron chi connectivity index (χ4n) is 1.68. The molecule has 8 heteroatoms. The molecule has 2 aromatic rings. The molecule has 0 heterocycles. The second-order valence-corrected chi connectivity index (χ2v) is 6.36. The zero-order chi connectivity index (χ0) is 23.8. The zero-order valence-electron chi connectivity index (χ0n) is 18.7. The summed E-state index contributed by atoms with van der Waals surface area (Å²) in [5.74, 6) is -0.697. The molecule has 0 spiro atoms. The van der Waals surface area contributed by atoms with Gasteiger partial charge in [-0.3, -0.25) is 10.8 Å². The molecule has 0 saturated heterocycles. The molecule has 2 rings (SSSR count). The maximum atomic E-state index is 8.12. The van der Waals surface area contributed by atoms with Crippen molar-refractivity contribution in [3.63, 3.8) is 0 Å². The highest BCUT2D eigenvalue weighted by Crippen LogP contribution is 2.27. The van der Waals surface area contributed by atoms with Crippen LogP contribution in [0, 0.1) is 10.8 Å². The van der Waals surface area contributed by atoms with Crippen molar-refractivity contribution in [1.29, 1.82) is 10.8 Å². The molecule has 0 atom stereocenters. The Balaban J connectivity index is 2.32. The molecule has 0 aliphatic heterocycles. The SMILES string of the molecule is [2H]C([2H])(Oc1ccc(C(=N)N)cc1Br)C([2H])([2H])C([2H])([2H])Oc1ccc(C(=N)N)cc1Br. The van der Waals surface area contributed by atoms with E-state index in [4.69, 9.17) is 40.0 Å². The lowest BCUT2D eigenvalue weighted by Gasteiger charge is -2.11. The van der Waals surface area contributed by atoms with Crippen LogP contribution in [0.15, 0.2) is 45.3 Å². The standard InChI is InChI=1S/C17H18Br2N4O2/c18-12-8-10(16(20)21)2-4-14(12)24-6-1-7-25-15-5-3-11(17(22)23)9-13(15)19/h2-5,8-9H,1,6-7H2,(H3,20,21)(H3,22,23)/i1D2,6D2,7D2. The third kappa shape index (κ3) is 5.47. The van der Waals surface area contributed by atoms with Crippen LogP contribution in [0.25, 0.3) is 0 Å². The normalized spacial score (nSPS) is 15.6. The maximum Gasteiger partial charge on any atom is 0.133 e. The molecule has 0 bridgehead atoms. The second-order valence-electron chi connectivity index (χ2n) is 4.65. The van der Waals surface area contributed by atoms with Crippen molar-refractivity contribution in [1.82, 2.24) is 0 Å². The summed E-state index contributed by atoms with van der Waals surface area (Å²) in [6, 6.07) is 8.11. The van der Waals surface area contributed by atoms with E-state index in [2.05, 4.69) is 31.9 Å². The van der Waals surface area contributed by atoms with Gasteiger partial charge in [0.15, 0.2) is 0 Å². The molecule has 0 aliphatic carbocycles. The Morgan fingerprint density at radius 1 is 0.880 bits per heavy atom. The van der Waals surface area contributed by atoms with Crippen LogP contribution in [-0.4, -0.2) is 24.8 Å². The number of hydrogen-bond donors (Lipinski definition) is 4. The largest absolute Gasteiger partial charge is 0.492 e. The fourth-order valence-corrected chi connectivity index (χ4v) is 2.60. The molecule has 2 aromatic carbocycles. The van der Waals surface area contributed by atoms with Gasteiger partial charge in [-0.2, -0.15) is 0 Å². The predicted octanol–water partition coefficient (Wildman–Crippen LogP) is 3.63. The number of benzene rings is 2. The first kappa shape index (κ1) is 12.3. The second kappa shape index (κ2) is 8.87. The molecule has 0 radical (unpaired) electrons. The average Bonchev–Trinajstić information content (AvgIpc) is 2.64. The van der Waals surface area contributed by atoms with E-state index in [1.54, 1.807) is 0 Å². The minimum Gasteiger partial charge on any atom is -0.492 e. The van der Waals surface area contributed by atoms with Gasteiger partial charge in [-0.15, -0.1) is 0 Å². The van der Waals surface area contributed by atoms with Gasteiger partial charge in [0.1, 0.15) is 23.2 Å².